The lowest BCUT2D eigenvalue weighted by molar-refractivity contribution is 0.642. The summed E-state index contributed by atoms with van der Waals surface area (Å²) in [6.07, 6.45) is 7.20. The Hall–Kier alpha value is -3.99. The summed E-state index contributed by atoms with van der Waals surface area (Å²) < 4.78 is 8.23. The van der Waals surface area contributed by atoms with Gasteiger partial charge in [0.15, 0.2) is 5.58 Å². The van der Waals surface area contributed by atoms with E-state index in [0.717, 1.165) is 50.0 Å². The highest BCUT2D eigenvalue weighted by Crippen LogP contribution is 2.38. The van der Waals surface area contributed by atoms with Crippen LogP contribution in [0.4, 0.5) is 0 Å². The maximum atomic E-state index is 6.20. The van der Waals surface area contributed by atoms with Crippen molar-refractivity contribution in [1.29, 1.82) is 0 Å². The molecule has 0 unspecified atom stereocenters. The second kappa shape index (κ2) is 5.76. The van der Waals surface area contributed by atoms with Crippen molar-refractivity contribution in [1.82, 2.24) is 19.5 Å². The number of benzene rings is 1. The smallest absolute Gasteiger partial charge is 0.215 e. The van der Waals surface area contributed by atoms with E-state index >= 15 is 0 Å². The van der Waals surface area contributed by atoms with Gasteiger partial charge < -0.3 is 4.42 Å². The zero-order valence-electron chi connectivity index (χ0n) is 14.8. The number of furan rings is 1. The molecule has 0 saturated carbocycles. The molecule has 5 heteroatoms. The fourth-order valence-electron chi connectivity index (χ4n) is 3.79. The molecule has 0 amide bonds. The molecule has 28 heavy (non-hydrogen) atoms. The zero-order valence-corrected chi connectivity index (χ0v) is 14.8. The molecule has 0 spiro atoms. The molecule has 5 nitrogen and oxygen atoms in total. The number of rotatable bonds is 2. The molecule has 0 aliphatic carbocycles. The van der Waals surface area contributed by atoms with Crippen molar-refractivity contribution in [2.75, 3.05) is 0 Å². The van der Waals surface area contributed by atoms with Crippen LogP contribution >= 0.6 is 0 Å². The maximum absolute atomic E-state index is 6.20. The third-order valence-corrected chi connectivity index (χ3v) is 5.02. The topological polar surface area (TPSA) is 56.7 Å². The third kappa shape index (κ3) is 2.10. The molecular formula is C23H14N4O. The van der Waals surface area contributed by atoms with Crippen LogP contribution in [0, 0.1) is 0 Å². The predicted octanol–water partition coefficient (Wildman–Crippen LogP) is 5.38. The Morgan fingerprint density at radius 1 is 0.750 bits per heavy atom. The summed E-state index contributed by atoms with van der Waals surface area (Å²) in [7, 11) is 0. The average Bonchev–Trinajstić information content (AvgIpc) is 3.29. The lowest BCUT2D eigenvalue weighted by Gasteiger charge is -2.07. The number of pyridine rings is 3. The van der Waals surface area contributed by atoms with E-state index in [0.29, 0.717) is 0 Å². The Balaban J connectivity index is 1.70. The second-order valence-corrected chi connectivity index (χ2v) is 6.63. The Bertz CT molecular complexity index is 1460. The Morgan fingerprint density at radius 2 is 1.57 bits per heavy atom. The molecule has 0 bridgehead atoms. The van der Waals surface area contributed by atoms with Crippen LogP contribution < -0.4 is 0 Å². The highest BCUT2D eigenvalue weighted by Gasteiger charge is 2.20. The predicted molar refractivity (Wildman–Crippen MR) is 109 cm³/mol. The van der Waals surface area contributed by atoms with Gasteiger partial charge in [0.05, 0.1) is 29.0 Å². The van der Waals surface area contributed by atoms with Gasteiger partial charge in [-0.3, -0.25) is 14.5 Å². The lowest BCUT2D eigenvalue weighted by Crippen LogP contribution is -1.98. The zero-order chi connectivity index (χ0) is 18.5. The first-order chi connectivity index (χ1) is 13.9. The molecule has 0 fully saturated rings. The van der Waals surface area contributed by atoms with Gasteiger partial charge in [0.2, 0.25) is 5.71 Å². The highest BCUT2D eigenvalue weighted by atomic mass is 16.3. The first kappa shape index (κ1) is 15.1. The fraction of sp³-hybridized carbons (Fsp3) is 0. The van der Waals surface area contributed by atoms with E-state index in [9.17, 15) is 0 Å². The number of hydrogen-bond acceptors (Lipinski definition) is 4. The van der Waals surface area contributed by atoms with Gasteiger partial charge in [0.1, 0.15) is 5.82 Å². The number of fused-ring (bicyclic) bond motifs is 5. The first-order valence-corrected chi connectivity index (χ1v) is 9.04. The largest absolute Gasteiger partial charge is 0.437 e. The van der Waals surface area contributed by atoms with Crippen molar-refractivity contribution in [2.24, 2.45) is 0 Å². The van der Waals surface area contributed by atoms with E-state index in [4.69, 9.17) is 9.40 Å². The fourth-order valence-corrected chi connectivity index (χ4v) is 3.79. The molecule has 6 rings (SSSR count). The summed E-state index contributed by atoms with van der Waals surface area (Å²) in [5.74, 6) is 0.793. The van der Waals surface area contributed by atoms with Crippen LogP contribution in [-0.2, 0) is 0 Å². The van der Waals surface area contributed by atoms with Crippen LogP contribution in [0.25, 0.3) is 50.0 Å². The Labute approximate surface area is 159 Å². The highest BCUT2D eigenvalue weighted by molar-refractivity contribution is 6.19. The van der Waals surface area contributed by atoms with Crippen LogP contribution in [0.15, 0.2) is 89.9 Å². The van der Waals surface area contributed by atoms with Crippen molar-refractivity contribution >= 4 is 33.0 Å². The molecule has 0 radical (unpaired) electrons. The van der Waals surface area contributed by atoms with Gasteiger partial charge in [-0.05, 0) is 24.3 Å². The van der Waals surface area contributed by atoms with Crippen molar-refractivity contribution in [3.8, 4) is 17.1 Å². The Morgan fingerprint density at radius 3 is 2.46 bits per heavy atom. The summed E-state index contributed by atoms with van der Waals surface area (Å²) >= 11 is 0. The maximum Gasteiger partial charge on any atom is 0.215 e. The first-order valence-electron chi connectivity index (χ1n) is 9.04. The van der Waals surface area contributed by atoms with Crippen molar-refractivity contribution in [3.63, 3.8) is 0 Å². The van der Waals surface area contributed by atoms with Crippen LogP contribution in [0.1, 0.15) is 0 Å². The van der Waals surface area contributed by atoms with E-state index in [1.807, 2.05) is 59.3 Å². The average molecular weight is 362 g/mol. The van der Waals surface area contributed by atoms with Gasteiger partial charge in [-0.2, -0.15) is 0 Å². The minimum Gasteiger partial charge on any atom is -0.437 e. The van der Waals surface area contributed by atoms with Crippen LogP contribution in [-0.4, -0.2) is 19.5 Å². The van der Waals surface area contributed by atoms with Crippen molar-refractivity contribution in [3.05, 3.63) is 85.5 Å². The molecule has 0 atom stereocenters. The minimum atomic E-state index is 0.753. The SMILES string of the molecule is c1ccc(-c2cccc(-n3c4cnccc4c4c5ccncc5oc43)n2)cc1. The van der Waals surface area contributed by atoms with Gasteiger partial charge in [-0.1, -0.05) is 36.4 Å². The van der Waals surface area contributed by atoms with Gasteiger partial charge in [0.25, 0.3) is 0 Å². The summed E-state index contributed by atoms with van der Waals surface area (Å²) in [5.41, 5.74) is 4.47. The molecule has 0 N–H and O–H groups in total. The third-order valence-electron chi connectivity index (χ3n) is 5.02. The Kier molecular flexibility index (Phi) is 3.10. The standard InChI is InChI=1S/C23H14N4O/c1-2-5-15(6-3-1)18-7-4-8-21(26-18)27-19-13-24-11-9-16(19)22-17-10-12-25-14-20(17)28-23(22)27/h1-14H. The number of hydrogen-bond donors (Lipinski definition) is 0. The van der Waals surface area contributed by atoms with Gasteiger partial charge in [0, 0.05) is 28.7 Å². The van der Waals surface area contributed by atoms with Gasteiger partial charge in [-0.25, -0.2) is 4.98 Å². The summed E-state index contributed by atoms with van der Waals surface area (Å²) in [5, 5.41) is 3.18. The van der Waals surface area contributed by atoms with Crippen LogP contribution in [0.3, 0.4) is 0 Å². The molecule has 6 aromatic rings. The molecule has 5 heterocycles. The summed E-state index contributed by atoms with van der Waals surface area (Å²) in [6.45, 7) is 0. The van der Waals surface area contributed by atoms with Crippen molar-refractivity contribution < 1.29 is 4.42 Å². The number of nitrogens with zero attached hydrogens (tertiary/aromatic N) is 4. The van der Waals surface area contributed by atoms with Gasteiger partial charge >= 0.3 is 0 Å². The van der Waals surface area contributed by atoms with E-state index in [-0.39, 0.29) is 0 Å². The van der Waals surface area contributed by atoms with Crippen LogP contribution in [0.2, 0.25) is 0 Å². The van der Waals surface area contributed by atoms with E-state index in [1.54, 1.807) is 18.6 Å². The second-order valence-electron chi connectivity index (χ2n) is 6.63. The molecule has 0 aliphatic rings. The lowest BCUT2D eigenvalue weighted by atomic mass is 10.1. The molecule has 5 aromatic heterocycles. The molecular weight excluding hydrogens is 348 g/mol. The monoisotopic (exact) mass is 362 g/mol. The molecule has 0 aliphatic heterocycles. The van der Waals surface area contributed by atoms with Crippen molar-refractivity contribution in [2.45, 2.75) is 0 Å². The number of aromatic nitrogens is 4. The minimum absolute atomic E-state index is 0.753. The van der Waals surface area contributed by atoms with E-state index < -0.39 is 0 Å². The van der Waals surface area contributed by atoms with E-state index in [1.165, 1.54) is 0 Å². The molecule has 0 saturated heterocycles. The summed E-state index contributed by atoms with van der Waals surface area (Å²) in [6, 6.07) is 20.2. The molecule has 132 valence electrons. The van der Waals surface area contributed by atoms with Crippen LogP contribution in [0.5, 0.6) is 0 Å². The molecule has 1 aromatic carbocycles. The quantitative estimate of drug-likeness (QED) is 0.415. The normalized spacial score (nSPS) is 11.6. The van der Waals surface area contributed by atoms with E-state index in [2.05, 4.69) is 22.1 Å². The summed E-state index contributed by atoms with van der Waals surface area (Å²) in [4.78, 5) is 13.4. The van der Waals surface area contributed by atoms with Gasteiger partial charge in [-0.15, -0.1) is 0 Å².